The number of para-hydroxylation sites is 3. The molecule has 0 fully saturated rings. The van der Waals surface area contributed by atoms with E-state index in [-0.39, 0.29) is 17.6 Å². The maximum Gasteiger partial charge on any atom is 0.449 e. The summed E-state index contributed by atoms with van der Waals surface area (Å²) in [5, 5.41) is 2.41. The van der Waals surface area contributed by atoms with Crippen LogP contribution in [-0.2, 0) is 28.9 Å². The molecule has 4 rings (SSSR count). The van der Waals surface area contributed by atoms with Crippen LogP contribution in [0, 0.1) is 0 Å². The van der Waals surface area contributed by atoms with Crippen molar-refractivity contribution in [1.29, 1.82) is 0 Å². The van der Waals surface area contributed by atoms with Crippen LogP contribution in [-0.4, -0.2) is 27.6 Å². The molecule has 10 heteroatoms. The van der Waals surface area contributed by atoms with Crippen LogP contribution < -0.4 is 4.74 Å². The summed E-state index contributed by atoms with van der Waals surface area (Å²) in [5.41, 5.74) is 1.65. The van der Waals surface area contributed by atoms with E-state index < -0.39 is 24.5 Å². The molecule has 0 N–H and O–H groups in total. The minimum absolute atomic E-state index is 0.154. The van der Waals surface area contributed by atoms with Gasteiger partial charge in [-0.3, -0.25) is 4.79 Å². The number of carbonyl (C=O) groups excluding carboxylic acids is 1. The van der Waals surface area contributed by atoms with Crippen molar-refractivity contribution in [1.82, 2.24) is 14.5 Å². The van der Waals surface area contributed by atoms with Crippen LogP contribution in [0.5, 0.6) is 5.75 Å². The highest BCUT2D eigenvalue weighted by atomic mass is 32.1. The number of halogens is 3. The number of esters is 1. The molecule has 6 nitrogen and oxygen atoms in total. The van der Waals surface area contributed by atoms with E-state index in [0.29, 0.717) is 16.5 Å². The maximum absolute atomic E-state index is 13.4. The third-order valence-corrected chi connectivity index (χ3v) is 5.39. The fourth-order valence-corrected chi connectivity index (χ4v) is 3.93. The van der Waals surface area contributed by atoms with E-state index in [1.165, 1.54) is 23.5 Å². The fourth-order valence-electron chi connectivity index (χ4n) is 3.10. The van der Waals surface area contributed by atoms with Crippen LogP contribution in [0.25, 0.3) is 21.6 Å². The smallest absolute Gasteiger partial charge is 0.449 e. The van der Waals surface area contributed by atoms with Crippen molar-refractivity contribution in [3.63, 3.8) is 0 Å². The summed E-state index contributed by atoms with van der Waals surface area (Å²) < 4.78 is 51.4. The summed E-state index contributed by atoms with van der Waals surface area (Å²) in [6.45, 7) is -0.767. The molecular weight excluding hydrogens is 431 g/mol. The fraction of sp³-hybridized carbons (Fsp3) is 0.190. The maximum atomic E-state index is 13.4. The largest absolute Gasteiger partial charge is 0.496 e. The number of alkyl halides is 3. The zero-order valence-corrected chi connectivity index (χ0v) is 17.0. The summed E-state index contributed by atoms with van der Waals surface area (Å²) in [7, 11) is 1.56. The van der Waals surface area contributed by atoms with Crippen molar-refractivity contribution in [2.45, 2.75) is 19.3 Å². The number of benzene rings is 2. The normalized spacial score (nSPS) is 11.6. The van der Waals surface area contributed by atoms with Gasteiger partial charge in [-0.25, -0.2) is 9.97 Å². The molecule has 31 heavy (non-hydrogen) atoms. The second-order valence-corrected chi connectivity index (χ2v) is 7.37. The minimum Gasteiger partial charge on any atom is -0.496 e. The Morgan fingerprint density at radius 1 is 1.10 bits per heavy atom. The summed E-state index contributed by atoms with van der Waals surface area (Å²) in [6.07, 6.45) is -4.70. The lowest BCUT2D eigenvalue weighted by Gasteiger charge is -2.11. The number of imidazole rings is 1. The molecule has 0 atom stereocenters. The molecule has 0 saturated carbocycles. The predicted octanol–water partition coefficient (Wildman–Crippen LogP) is 4.93. The van der Waals surface area contributed by atoms with E-state index in [0.717, 1.165) is 10.1 Å². The molecule has 2 aromatic heterocycles. The number of hydrogen-bond acceptors (Lipinski definition) is 6. The van der Waals surface area contributed by atoms with Crippen LogP contribution in [0.3, 0.4) is 0 Å². The molecule has 0 spiro atoms. The molecule has 4 aromatic rings. The predicted molar refractivity (Wildman–Crippen MR) is 109 cm³/mol. The van der Waals surface area contributed by atoms with Gasteiger partial charge in [-0.1, -0.05) is 24.3 Å². The third-order valence-electron chi connectivity index (χ3n) is 4.47. The first-order chi connectivity index (χ1) is 14.9. The standard InChI is InChI=1S/C21H16F3N3O3S/c1-29-17-9-5-2-6-14(17)19-25-13(12-31-19)11-30-18(28)10-27-16-8-4-3-7-15(16)26-20(27)21(22,23)24/h2-9,12H,10-11H2,1H3. The molecule has 0 aliphatic heterocycles. The Balaban J connectivity index is 1.48. The van der Waals surface area contributed by atoms with Crippen molar-refractivity contribution in [2.75, 3.05) is 7.11 Å². The first kappa shape index (κ1) is 20.9. The number of fused-ring (bicyclic) bond motifs is 1. The van der Waals surface area contributed by atoms with E-state index in [9.17, 15) is 18.0 Å². The Labute approximate surface area is 178 Å². The van der Waals surface area contributed by atoms with Gasteiger partial charge in [0.25, 0.3) is 0 Å². The number of thiazole rings is 1. The molecule has 0 saturated heterocycles. The van der Waals surface area contributed by atoms with Gasteiger partial charge >= 0.3 is 12.1 Å². The van der Waals surface area contributed by atoms with Gasteiger partial charge in [-0.05, 0) is 24.3 Å². The van der Waals surface area contributed by atoms with Crippen molar-refractivity contribution in [2.24, 2.45) is 0 Å². The van der Waals surface area contributed by atoms with Gasteiger partial charge in [-0.2, -0.15) is 13.2 Å². The number of methoxy groups -OCH3 is 1. The highest BCUT2D eigenvalue weighted by Crippen LogP contribution is 2.33. The van der Waals surface area contributed by atoms with E-state index in [1.807, 2.05) is 24.3 Å². The zero-order chi connectivity index (χ0) is 22.0. The lowest BCUT2D eigenvalue weighted by molar-refractivity contribution is -0.151. The lowest BCUT2D eigenvalue weighted by Crippen LogP contribution is -2.20. The lowest BCUT2D eigenvalue weighted by atomic mass is 10.2. The number of hydrogen-bond donors (Lipinski definition) is 0. The Morgan fingerprint density at radius 3 is 2.61 bits per heavy atom. The van der Waals surface area contributed by atoms with E-state index >= 15 is 0 Å². The average Bonchev–Trinajstić information content (AvgIpc) is 3.37. The van der Waals surface area contributed by atoms with Crippen LogP contribution in [0.4, 0.5) is 13.2 Å². The Morgan fingerprint density at radius 2 is 1.84 bits per heavy atom. The van der Waals surface area contributed by atoms with Crippen LogP contribution in [0.2, 0.25) is 0 Å². The quantitative estimate of drug-likeness (QED) is 0.392. The zero-order valence-electron chi connectivity index (χ0n) is 16.2. The Bertz CT molecular complexity index is 1230. The van der Waals surface area contributed by atoms with Crippen LogP contribution >= 0.6 is 11.3 Å². The van der Waals surface area contributed by atoms with Crippen LogP contribution in [0.1, 0.15) is 11.5 Å². The molecular formula is C21H16F3N3O3S. The highest BCUT2D eigenvalue weighted by molar-refractivity contribution is 7.13. The monoisotopic (exact) mass is 447 g/mol. The number of rotatable bonds is 6. The first-order valence-electron chi connectivity index (χ1n) is 9.12. The molecule has 0 unspecified atom stereocenters. The highest BCUT2D eigenvalue weighted by Gasteiger charge is 2.38. The van der Waals surface area contributed by atoms with Gasteiger partial charge in [0.2, 0.25) is 5.82 Å². The van der Waals surface area contributed by atoms with Gasteiger partial charge in [-0.15, -0.1) is 11.3 Å². The van der Waals surface area contributed by atoms with E-state index in [4.69, 9.17) is 9.47 Å². The SMILES string of the molecule is COc1ccccc1-c1nc(COC(=O)Cn2c(C(F)(F)F)nc3ccccc32)cs1. The molecule has 160 valence electrons. The molecule has 0 amide bonds. The average molecular weight is 447 g/mol. The molecule has 2 heterocycles. The van der Waals surface area contributed by atoms with Crippen molar-refractivity contribution >= 4 is 28.3 Å². The van der Waals surface area contributed by atoms with Crippen molar-refractivity contribution in [3.8, 4) is 16.3 Å². The Kier molecular flexibility index (Phi) is 5.64. The number of nitrogens with zero attached hydrogens (tertiary/aromatic N) is 3. The summed E-state index contributed by atoms with van der Waals surface area (Å²) in [5.74, 6) is -1.30. The summed E-state index contributed by atoms with van der Waals surface area (Å²) in [6, 6.07) is 13.5. The first-order valence-corrected chi connectivity index (χ1v) is 10.0. The molecule has 2 aromatic carbocycles. The van der Waals surface area contributed by atoms with Gasteiger partial charge in [0.15, 0.2) is 0 Å². The van der Waals surface area contributed by atoms with Gasteiger partial charge in [0.1, 0.15) is 23.9 Å². The third kappa shape index (κ3) is 4.38. The van der Waals surface area contributed by atoms with Gasteiger partial charge in [0, 0.05) is 5.38 Å². The van der Waals surface area contributed by atoms with E-state index in [2.05, 4.69) is 9.97 Å². The van der Waals surface area contributed by atoms with Gasteiger partial charge in [0.05, 0.1) is 29.4 Å². The number of aromatic nitrogens is 3. The van der Waals surface area contributed by atoms with E-state index in [1.54, 1.807) is 24.6 Å². The molecule has 0 radical (unpaired) electrons. The second-order valence-electron chi connectivity index (χ2n) is 6.51. The number of ether oxygens (including phenoxy) is 2. The van der Waals surface area contributed by atoms with Crippen molar-refractivity contribution in [3.05, 3.63) is 65.4 Å². The summed E-state index contributed by atoms with van der Waals surface area (Å²) >= 11 is 1.35. The van der Waals surface area contributed by atoms with Crippen molar-refractivity contribution < 1.29 is 27.4 Å². The van der Waals surface area contributed by atoms with Crippen LogP contribution in [0.15, 0.2) is 53.9 Å². The summed E-state index contributed by atoms with van der Waals surface area (Å²) in [4.78, 5) is 20.3. The second kappa shape index (κ2) is 8.38. The van der Waals surface area contributed by atoms with Gasteiger partial charge < -0.3 is 14.0 Å². The minimum atomic E-state index is -4.70. The molecule has 0 bridgehead atoms. The molecule has 0 aliphatic rings. The molecule has 0 aliphatic carbocycles. The number of carbonyl (C=O) groups is 1. The topological polar surface area (TPSA) is 66.2 Å². The Hall–Kier alpha value is -3.40.